The highest BCUT2D eigenvalue weighted by Crippen LogP contribution is 2.59. The fraction of sp³-hybridized carbons (Fsp3) is 0.455. The molecule has 1 heterocycles. The Morgan fingerprint density at radius 2 is 1.78 bits per heavy atom. The molecule has 1 aliphatic heterocycles. The zero-order valence-corrected chi connectivity index (χ0v) is 16.1. The molecular weight excluding hydrogens is 348 g/mol. The van der Waals surface area contributed by atoms with Gasteiger partial charge in [0.1, 0.15) is 17.4 Å². The molecule has 5 heteroatoms. The third-order valence-corrected chi connectivity index (χ3v) is 6.76. The molecule has 0 saturated heterocycles. The topological polar surface area (TPSA) is 41.5 Å². The van der Waals surface area contributed by atoms with Crippen molar-refractivity contribution in [3.8, 4) is 16.9 Å². The van der Waals surface area contributed by atoms with E-state index in [0.717, 1.165) is 18.4 Å². The lowest BCUT2D eigenvalue weighted by Crippen LogP contribution is -2.65. The summed E-state index contributed by atoms with van der Waals surface area (Å²) in [4.78, 5) is 0. The number of anilines is 1. The molecule has 2 N–H and O–H groups in total. The Labute approximate surface area is 158 Å². The predicted molar refractivity (Wildman–Crippen MR) is 102 cm³/mol. The number of aliphatic hydroxyl groups is 1. The fourth-order valence-electron chi connectivity index (χ4n) is 5.21. The Bertz CT molecular complexity index is 927. The molecule has 144 valence electrons. The van der Waals surface area contributed by atoms with E-state index < -0.39 is 28.2 Å². The molecule has 2 atom stereocenters. The van der Waals surface area contributed by atoms with Gasteiger partial charge in [0, 0.05) is 28.3 Å². The Kier molecular flexibility index (Phi) is 3.83. The van der Waals surface area contributed by atoms with Gasteiger partial charge in [-0.1, -0.05) is 6.92 Å². The van der Waals surface area contributed by atoms with Gasteiger partial charge in [-0.2, -0.15) is 0 Å². The molecule has 2 aromatic carbocycles. The summed E-state index contributed by atoms with van der Waals surface area (Å²) in [7, 11) is 1.44. The molecule has 0 spiro atoms. The van der Waals surface area contributed by atoms with Crippen molar-refractivity contribution in [1.29, 1.82) is 0 Å². The maximum absolute atomic E-state index is 15.0. The first-order chi connectivity index (χ1) is 12.6. The summed E-state index contributed by atoms with van der Waals surface area (Å²) < 4.78 is 33.9. The van der Waals surface area contributed by atoms with Gasteiger partial charge >= 0.3 is 0 Å². The normalized spacial score (nSPS) is 28.3. The van der Waals surface area contributed by atoms with Crippen LogP contribution in [0.5, 0.6) is 5.75 Å². The van der Waals surface area contributed by atoms with Crippen LogP contribution in [0.2, 0.25) is 0 Å². The van der Waals surface area contributed by atoms with Crippen molar-refractivity contribution < 1.29 is 18.6 Å². The number of nitrogens with one attached hydrogen (secondary N) is 1. The zero-order chi connectivity index (χ0) is 19.6. The monoisotopic (exact) mass is 373 g/mol. The molecule has 0 radical (unpaired) electrons. The van der Waals surface area contributed by atoms with Crippen molar-refractivity contribution in [3.63, 3.8) is 0 Å². The van der Waals surface area contributed by atoms with Crippen LogP contribution in [0.3, 0.4) is 0 Å². The maximum Gasteiger partial charge on any atom is 0.133 e. The van der Waals surface area contributed by atoms with Crippen LogP contribution in [0.1, 0.15) is 45.6 Å². The number of ether oxygens (including phenoxy) is 1. The van der Waals surface area contributed by atoms with E-state index in [2.05, 4.69) is 12.2 Å². The van der Waals surface area contributed by atoms with Crippen LogP contribution < -0.4 is 10.1 Å². The van der Waals surface area contributed by atoms with Crippen molar-refractivity contribution in [2.45, 2.75) is 56.6 Å². The first-order valence-electron chi connectivity index (χ1n) is 9.31. The van der Waals surface area contributed by atoms with E-state index in [1.54, 1.807) is 6.07 Å². The van der Waals surface area contributed by atoms with Gasteiger partial charge in [0.15, 0.2) is 0 Å². The Morgan fingerprint density at radius 3 is 2.48 bits per heavy atom. The molecule has 2 aliphatic rings. The number of hydrogen-bond donors (Lipinski definition) is 2. The van der Waals surface area contributed by atoms with E-state index in [4.69, 9.17) is 4.74 Å². The summed E-state index contributed by atoms with van der Waals surface area (Å²) in [6, 6.07) is 7.36. The molecule has 1 fully saturated rings. The minimum Gasteiger partial charge on any atom is -0.496 e. The summed E-state index contributed by atoms with van der Waals surface area (Å²) in [5.41, 5.74) is 0.437. The molecule has 2 aromatic rings. The number of hydrogen-bond acceptors (Lipinski definition) is 3. The number of fused-ring (bicyclic) bond motifs is 3. The molecule has 0 aromatic heterocycles. The van der Waals surface area contributed by atoms with E-state index >= 15 is 4.39 Å². The third-order valence-electron chi connectivity index (χ3n) is 6.76. The van der Waals surface area contributed by atoms with Crippen LogP contribution in [0.4, 0.5) is 14.5 Å². The number of benzene rings is 2. The third kappa shape index (κ3) is 2.34. The largest absolute Gasteiger partial charge is 0.496 e. The van der Waals surface area contributed by atoms with Gasteiger partial charge in [0.25, 0.3) is 0 Å². The number of halogens is 2. The quantitative estimate of drug-likeness (QED) is 0.777. The molecule has 1 saturated carbocycles. The second-order valence-electron chi connectivity index (χ2n) is 8.52. The number of methoxy groups -OCH3 is 1. The van der Waals surface area contributed by atoms with E-state index in [-0.39, 0.29) is 5.75 Å². The fourth-order valence-corrected chi connectivity index (χ4v) is 5.21. The van der Waals surface area contributed by atoms with Gasteiger partial charge in [-0.15, -0.1) is 0 Å². The van der Waals surface area contributed by atoms with Gasteiger partial charge in [-0.05, 0) is 62.9 Å². The smallest absolute Gasteiger partial charge is 0.133 e. The van der Waals surface area contributed by atoms with Crippen molar-refractivity contribution in [1.82, 2.24) is 0 Å². The van der Waals surface area contributed by atoms with Gasteiger partial charge in [-0.25, -0.2) is 8.78 Å². The summed E-state index contributed by atoms with van der Waals surface area (Å²) in [5.74, 6) is -0.562. The average Bonchev–Trinajstić information content (AvgIpc) is 2.92. The molecule has 2 unspecified atom stereocenters. The van der Waals surface area contributed by atoms with Crippen molar-refractivity contribution in [2.24, 2.45) is 0 Å². The van der Waals surface area contributed by atoms with Crippen LogP contribution in [0, 0.1) is 11.6 Å². The molecule has 27 heavy (non-hydrogen) atoms. The van der Waals surface area contributed by atoms with E-state index in [1.807, 2.05) is 13.8 Å². The van der Waals surface area contributed by atoms with Crippen LogP contribution in [-0.4, -0.2) is 23.4 Å². The van der Waals surface area contributed by atoms with Crippen molar-refractivity contribution in [2.75, 3.05) is 12.4 Å². The van der Waals surface area contributed by atoms with Crippen molar-refractivity contribution in [3.05, 3.63) is 47.5 Å². The minimum absolute atomic E-state index is 0.282. The van der Waals surface area contributed by atoms with Gasteiger partial charge in [-0.3, -0.25) is 0 Å². The van der Waals surface area contributed by atoms with Crippen LogP contribution >= 0.6 is 0 Å². The molecule has 0 amide bonds. The minimum atomic E-state index is -0.936. The lowest BCUT2D eigenvalue weighted by Gasteiger charge is -2.55. The lowest BCUT2D eigenvalue weighted by atomic mass is 9.60. The predicted octanol–water partition coefficient (Wildman–Crippen LogP) is 5.02. The molecule has 1 aliphatic carbocycles. The van der Waals surface area contributed by atoms with Gasteiger partial charge in [0.2, 0.25) is 0 Å². The Morgan fingerprint density at radius 1 is 1.04 bits per heavy atom. The van der Waals surface area contributed by atoms with Gasteiger partial charge < -0.3 is 15.2 Å². The molecule has 3 nitrogen and oxygen atoms in total. The second-order valence-corrected chi connectivity index (χ2v) is 8.52. The van der Waals surface area contributed by atoms with Gasteiger partial charge in [0.05, 0.1) is 18.2 Å². The Balaban J connectivity index is 1.96. The van der Waals surface area contributed by atoms with Crippen molar-refractivity contribution >= 4 is 5.69 Å². The molecule has 4 rings (SSSR count). The SMILES string of the molecule is COc1cc(F)ccc1-c1cc2c(cc1F)NC(C)(C)C1(O)CCCC21C. The lowest BCUT2D eigenvalue weighted by molar-refractivity contribution is -0.0628. The zero-order valence-electron chi connectivity index (χ0n) is 16.1. The maximum atomic E-state index is 15.0. The van der Waals surface area contributed by atoms with Crippen LogP contribution in [0.25, 0.3) is 11.1 Å². The van der Waals surface area contributed by atoms with Crippen LogP contribution in [0.15, 0.2) is 30.3 Å². The van der Waals surface area contributed by atoms with E-state index in [9.17, 15) is 9.50 Å². The Hall–Kier alpha value is -2.14. The molecular formula is C22H25F2NO2. The summed E-state index contributed by atoms with van der Waals surface area (Å²) in [6.07, 6.45) is 2.42. The van der Waals surface area contributed by atoms with Crippen LogP contribution in [-0.2, 0) is 5.41 Å². The highest BCUT2D eigenvalue weighted by atomic mass is 19.1. The molecule has 0 bridgehead atoms. The first-order valence-corrected chi connectivity index (χ1v) is 9.31. The standard InChI is InChI=1S/C22H25F2NO2/c1-20(2)22(26)9-5-8-21(22,3)16-11-15(17(24)12-18(16)25-20)14-7-6-13(23)10-19(14)27-4/h6-7,10-12,25-26H,5,8-9H2,1-4H3. The van der Waals surface area contributed by atoms with E-state index in [0.29, 0.717) is 23.2 Å². The highest BCUT2D eigenvalue weighted by Gasteiger charge is 2.62. The second kappa shape index (κ2) is 5.68. The van der Waals surface area contributed by atoms with E-state index in [1.165, 1.54) is 31.4 Å². The highest BCUT2D eigenvalue weighted by molar-refractivity contribution is 5.76. The summed E-state index contributed by atoms with van der Waals surface area (Å²) in [6.45, 7) is 5.99. The summed E-state index contributed by atoms with van der Waals surface area (Å²) in [5, 5.41) is 14.9. The summed E-state index contributed by atoms with van der Waals surface area (Å²) >= 11 is 0. The first kappa shape index (κ1) is 18.2. The number of rotatable bonds is 2. The average molecular weight is 373 g/mol.